The Bertz CT molecular complexity index is 762. The zero-order valence-corrected chi connectivity index (χ0v) is 14.2. The summed E-state index contributed by atoms with van der Waals surface area (Å²) in [6.45, 7) is 3.65. The first-order valence-electron chi connectivity index (χ1n) is 8.53. The highest BCUT2D eigenvalue weighted by Gasteiger charge is 2.17. The van der Waals surface area contributed by atoms with Crippen LogP contribution in [0.1, 0.15) is 43.4 Å². The molecule has 0 radical (unpaired) electrons. The number of carbonyl (C=O) groups excluding carboxylic acids is 2. The van der Waals surface area contributed by atoms with E-state index in [2.05, 4.69) is 17.4 Å². The number of furan rings is 1. The van der Waals surface area contributed by atoms with Crippen molar-refractivity contribution in [3.05, 3.63) is 35.1 Å². The molecule has 5 heteroatoms. The molecule has 1 atom stereocenters. The van der Waals surface area contributed by atoms with E-state index in [0.717, 1.165) is 35.8 Å². The van der Waals surface area contributed by atoms with Crippen LogP contribution in [0.4, 0.5) is 0 Å². The Morgan fingerprint density at radius 1 is 1.29 bits per heavy atom. The molecule has 2 aromatic rings. The molecule has 1 aliphatic rings. The lowest BCUT2D eigenvalue weighted by Crippen LogP contribution is -2.35. The van der Waals surface area contributed by atoms with Gasteiger partial charge < -0.3 is 14.5 Å². The van der Waals surface area contributed by atoms with Crippen molar-refractivity contribution in [3.63, 3.8) is 0 Å². The number of benzene rings is 1. The van der Waals surface area contributed by atoms with E-state index in [1.165, 1.54) is 17.5 Å². The molecule has 0 saturated carbocycles. The van der Waals surface area contributed by atoms with E-state index in [9.17, 15) is 9.59 Å². The number of fused-ring (bicyclic) bond motifs is 2. The van der Waals surface area contributed by atoms with E-state index in [4.69, 9.17) is 9.15 Å². The molecule has 5 nitrogen and oxygen atoms in total. The first-order chi connectivity index (χ1) is 11.6. The predicted molar refractivity (Wildman–Crippen MR) is 90.8 cm³/mol. The van der Waals surface area contributed by atoms with Crippen LogP contribution in [0.15, 0.2) is 22.8 Å². The van der Waals surface area contributed by atoms with Crippen molar-refractivity contribution in [1.29, 1.82) is 0 Å². The molecule has 1 N–H and O–H groups in total. The van der Waals surface area contributed by atoms with Crippen molar-refractivity contribution in [2.75, 3.05) is 6.61 Å². The lowest BCUT2D eigenvalue weighted by atomic mass is 10.0. The van der Waals surface area contributed by atoms with Crippen molar-refractivity contribution >= 4 is 22.8 Å². The number of ether oxygens (including phenoxy) is 1. The maximum atomic E-state index is 12.0. The Balaban J connectivity index is 1.61. The lowest BCUT2D eigenvalue weighted by Gasteiger charge is -2.11. The quantitative estimate of drug-likeness (QED) is 0.827. The molecule has 1 aliphatic carbocycles. The summed E-state index contributed by atoms with van der Waals surface area (Å²) in [5, 5.41) is 3.74. The zero-order chi connectivity index (χ0) is 17.1. The van der Waals surface area contributed by atoms with Crippen LogP contribution in [0, 0.1) is 0 Å². The van der Waals surface area contributed by atoms with Crippen molar-refractivity contribution in [1.82, 2.24) is 5.32 Å². The van der Waals surface area contributed by atoms with Crippen molar-refractivity contribution in [3.8, 4) is 0 Å². The molecule has 1 unspecified atom stereocenters. The van der Waals surface area contributed by atoms with Crippen LogP contribution in [-0.4, -0.2) is 24.5 Å². The monoisotopic (exact) mass is 329 g/mol. The molecule has 24 heavy (non-hydrogen) atoms. The molecule has 1 amide bonds. The molecule has 1 heterocycles. The van der Waals surface area contributed by atoms with Crippen molar-refractivity contribution < 1.29 is 18.7 Å². The Hall–Kier alpha value is -2.30. The summed E-state index contributed by atoms with van der Waals surface area (Å²) in [6, 6.07) is 4.28. The van der Waals surface area contributed by atoms with Crippen LogP contribution >= 0.6 is 0 Å². The third kappa shape index (κ3) is 3.61. The van der Waals surface area contributed by atoms with E-state index in [1.54, 1.807) is 6.26 Å². The molecule has 1 aromatic heterocycles. The SMILES string of the molecule is CCC(C)NC(=O)COC(=O)Cc1coc2cc3c(cc12)CCC3. The van der Waals surface area contributed by atoms with Crippen LogP contribution in [0.5, 0.6) is 0 Å². The van der Waals surface area contributed by atoms with E-state index in [0.29, 0.717) is 0 Å². The van der Waals surface area contributed by atoms with Gasteiger partial charge >= 0.3 is 5.97 Å². The topological polar surface area (TPSA) is 68.5 Å². The minimum Gasteiger partial charge on any atom is -0.464 e. The number of rotatable bonds is 6. The maximum absolute atomic E-state index is 12.0. The maximum Gasteiger partial charge on any atom is 0.310 e. The van der Waals surface area contributed by atoms with Gasteiger partial charge in [-0.05, 0) is 55.9 Å². The second kappa shape index (κ2) is 7.07. The van der Waals surface area contributed by atoms with Gasteiger partial charge in [-0.1, -0.05) is 6.92 Å². The fraction of sp³-hybridized carbons (Fsp3) is 0.474. The Morgan fingerprint density at radius 2 is 2.04 bits per heavy atom. The Morgan fingerprint density at radius 3 is 2.79 bits per heavy atom. The molecule has 0 aliphatic heterocycles. The summed E-state index contributed by atoms with van der Waals surface area (Å²) >= 11 is 0. The summed E-state index contributed by atoms with van der Waals surface area (Å²) in [5.74, 6) is -0.690. The summed E-state index contributed by atoms with van der Waals surface area (Å²) in [7, 11) is 0. The highest BCUT2D eigenvalue weighted by molar-refractivity contribution is 5.88. The third-order valence-corrected chi connectivity index (χ3v) is 4.59. The van der Waals surface area contributed by atoms with Gasteiger partial charge in [-0.2, -0.15) is 0 Å². The average molecular weight is 329 g/mol. The van der Waals surface area contributed by atoms with Gasteiger partial charge in [-0.15, -0.1) is 0 Å². The highest BCUT2D eigenvalue weighted by Crippen LogP contribution is 2.30. The average Bonchev–Trinajstić information content (AvgIpc) is 3.17. The number of aryl methyl sites for hydroxylation is 2. The smallest absolute Gasteiger partial charge is 0.310 e. The molecule has 0 bridgehead atoms. The molecular weight excluding hydrogens is 306 g/mol. The molecule has 1 aromatic carbocycles. The van der Waals surface area contributed by atoms with Gasteiger partial charge in [0.1, 0.15) is 5.58 Å². The zero-order valence-electron chi connectivity index (χ0n) is 14.2. The van der Waals surface area contributed by atoms with Crippen LogP contribution < -0.4 is 5.32 Å². The van der Waals surface area contributed by atoms with Gasteiger partial charge in [0.15, 0.2) is 6.61 Å². The minimum atomic E-state index is -0.419. The van der Waals surface area contributed by atoms with Gasteiger partial charge in [0.2, 0.25) is 0 Å². The van der Waals surface area contributed by atoms with Gasteiger partial charge in [0.25, 0.3) is 5.91 Å². The van der Waals surface area contributed by atoms with E-state index in [-0.39, 0.29) is 25.0 Å². The van der Waals surface area contributed by atoms with E-state index >= 15 is 0 Å². The molecule has 0 fully saturated rings. The Labute approximate surface area is 141 Å². The van der Waals surface area contributed by atoms with Crippen molar-refractivity contribution in [2.45, 2.75) is 52.0 Å². The first kappa shape index (κ1) is 16.6. The van der Waals surface area contributed by atoms with Crippen LogP contribution in [0.25, 0.3) is 11.0 Å². The summed E-state index contributed by atoms with van der Waals surface area (Å²) in [5.41, 5.74) is 4.30. The van der Waals surface area contributed by atoms with Crippen LogP contribution in [0.3, 0.4) is 0 Å². The number of hydrogen-bond acceptors (Lipinski definition) is 4. The number of nitrogens with one attached hydrogen (secondary N) is 1. The second-order valence-corrected chi connectivity index (χ2v) is 6.45. The number of esters is 1. The number of carbonyl (C=O) groups is 2. The highest BCUT2D eigenvalue weighted by atomic mass is 16.5. The molecule has 0 spiro atoms. The molecular formula is C19H23NO4. The van der Waals surface area contributed by atoms with Gasteiger partial charge in [-0.25, -0.2) is 0 Å². The number of amides is 1. The first-order valence-corrected chi connectivity index (χ1v) is 8.53. The third-order valence-electron chi connectivity index (χ3n) is 4.59. The van der Waals surface area contributed by atoms with Crippen molar-refractivity contribution in [2.24, 2.45) is 0 Å². The standard InChI is InChI=1S/C19H23NO4/c1-3-12(2)20-18(21)11-24-19(22)9-15-10-23-17-8-14-6-4-5-13(14)7-16(15)17/h7-8,10,12H,3-6,9,11H2,1-2H3,(H,20,21). The largest absolute Gasteiger partial charge is 0.464 e. The van der Waals surface area contributed by atoms with Crippen LogP contribution in [-0.2, 0) is 33.6 Å². The molecule has 0 saturated heterocycles. The lowest BCUT2D eigenvalue weighted by molar-refractivity contribution is -0.148. The summed E-state index contributed by atoms with van der Waals surface area (Å²) in [6.07, 6.45) is 5.91. The Kier molecular flexibility index (Phi) is 4.88. The predicted octanol–water partition coefficient (Wildman–Crippen LogP) is 2.92. The summed E-state index contributed by atoms with van der Waals surface area (Å²) < 4.78 is 10.7. The van der Waals surface area contributed by atoms with Crippen LogP contribution in [0.2, 0.25) is 0 Å². The van der Waals surface area contributed by atoms with E-state index in [1.807, 2.05) is 13.8 Å². The van der Waals surface area contributed by atoms with E-state index < -0.39 is 5.97 Å². The molecule has 128 valence electrons. The van der Waals surface area contributed by atoms with Gasteiger partial charge in [-0.3, -0.25) is 9.59 Å². The van der Waals surface area contributed by atoms with Gasteiger partial charge in [0.05, 0.1) is 12.7 Å². The normalized spacial score (nSPS) is 14.4. The van der Waals surface area contributed by atoms with Gasteiger partial charge in [0, 0.05) is 17.0 Å². The second-order valence-electron chi connectivity index (χ2n) is 6.45. The summed E-state index contributed by atoms with van der Waals surface area (Å²) in [4.78, 5) is 23.7. The fourth-order valence-electron chi connectivity index (χ4n) is 3.06. The number of hydrogen-bond donors (Lipinski definition) is 1. The molecule has 3 rings (SSSR count). The fourth-order valence-corrected chi connectivity index (χ4v) is 3.06. The minimum absolute atomic E-state index is 0.0797.